The Morgan fingerprint density at radius 3 is 2.77 bits per heavy atom. The molecule has 0 amide bonds. The molecule has 0 saturated carbocycles. The molecule has 0 atom stereocenters. The van der Waals surface area contributed by atoms with Crippen LogP contribution >= 0.6 is 0 Å². The lowest BCUT2D eigenvalue weighted by Gasteiger charge is -2.17. The third kappa shape index (κ3) is 4.94. The number of pyridine rings is 1. The maximum atomic E-state index is 15.6. The van der Waals surface area contributed by atoms with Crippen molar-refractivity contribution in [2.45, 2.75) is 32.8 Å². The first kappa shape index (κ1) is 24.6. The average Bonchev–Trinajstić information content (AvgIpc) is 3.25. The monoisotopic (exact) mass is 518 g/mol. The lowest BCUT2D eigenvalue weighted by Crippen LogP contribution is -2.08. The number of hydrogen-bond acceptors (Lipinski definition) is 5. The minimum Gasteiger partial charge on any atom is -0.493 e. The number of hydrogen-bond donors (Lipinski definition) is 0. The minimum atomic E-state index is -0.377. The Morgan fingerprint density at radius 2 is 1.90 bits per heavy atom. The quantitative estimate of drug-likeness (QED) is 0.269. The van der Waals surface area contributed by atoms with Gasteiger partial charge in [0.1, 0.15) is 24.0 Å². The van der Waals surface area contributed by atoms with Crippen molar-refractivity contribution >= 4 is 11.0 Å². The van der Waals surface area contributed by atoms with E-state index in [0.29, 0.717) is 48.1 Å². The lowest BCUT2D eigenvalue weighted by atomic mass is 10.0. The smallest absolute Gasteiger partial charge is 0.214 e. The molecule has 0 radical (unpaired) electrons. The fourth-order valence-corrected chi connectivity index (χ4v) is 5.05. The number of halogens is 1. The summed E-state index contributed by atoms with van der Waals surface area (Å²) in [6, 6.07) is 22.6. The maximum absolute atomic E-state index is 15.6. The molecule has 194 valence electrons. The molecule has 2 aromatic heterocycles. The van der Waals surface area contributed by atoms with E-state index in [1.807, 2.05) is 31.3 Å². The molecule has 6 rings (SSSR count). The number of rotatable bonds is 2. The van der Waals surface area contributed by atoms with Crippen LogP contribution in [-0.4, -0.2) is 21.1 Å². The van der Waals surface area contributed by atoms with Gasteiger partial charge in [-0.15, -0.1) is 0 Å². The van der Waals surface area contributed by atoms with Crippen molar-refractivity contribution < 1.29 is 13.9 Å². The fraction of sp³-hybridized carbons (Fsp3) is 0.219. The molecule has 39 heavy (non-hydrogen) atoms. The van der Waals surface area contributed by atoms with Gasteiger partial charge < -0.3 is 14.0 Å². The van der Waals surface area contributed by atoms with Gasteiger partial charge in [0.25, 0.3) is 0 Å². The first-order valence-corrected chi connectivity index (χ1v) is 13.0. The fourth-order valence-electron chi connectivity index (χ4n) is 5.05. The van der Waals surface area contributed by atoms with Crippen LogP contribution in [0.25, 0.3) is 22.3 Å². The second-order valence-electron chi connectivity index (χ2n) is 9.89. The number of imidazole rings is 1. The van der Waals surface area contributed by atoms with Gasteiger partial charge in [-0.3, -0.25) is 0 Å². The molecule has 0 spiro atoms. The molecular weight excluding hydrogens is 491 g/mol. The van der Waals surface area contributed by atoms with Gasteiger partial charge in [0.15, 0.2) is 0 Å². The molecule has 1 aliphatic heterocycles. The highest BCUT2D eigenvalue weighted by atomic mass is 19.1. The highest BCUT2D eigenvalue weighted by molar-refractivity contribution is 5.77. The van der Waals surface area contributed by atoms with Gasteiger partial charge in [0.2, 0.25) is 5.88 Å². The molecule has 6 nitrogen and oxygen atoms in total. The van der Waals surface area contributed by atoms with Crippen LogP contribution in [0.4, 0.5) is 4.39 Å². The molecule has 0 saturated heterocycles. The number of aromatic nitrogens is 3. The van der Waals surface area contributed by atoms with Gasteiger partial charge >= 0.3 is 0 Å². The minimum absolute atomic E-state index is 0.308. The summed E-state index contributed by atoms with van der Waals surface area (Å²) in [6.07, 6.45) is 1.86. The van der Waals surface area contributed by atoms with Crippen molar-refractivity contribution in [1.82, 2.24) is 14.5 Å². The van der Waals surface area contributed by atoms with Crippen molar-refractivity contribution in [3.63, 3.8) is 0 Å². The van der Waals surface area contributed by atoms with Gasteiger partial charge in [-0.1, -0.05) is 18.2 Å². The Morgan fingerprint density at radius 1 is 1.00 bits per heavy atom. The van der Waals surface area contributed by atoms with Crippen molar-refractivity contribution in [1.29, 1.82) is 5.26 Å². The summed E-state index contributed by atoms with van der Waals surface area (Å²) in [5, 5.41) is 9.39. The average molecular weight is 519 g/mol. The van der Waals surface area contributed by atoms with Crippen LogP contribution in [0.15, 0.2) is 66.7 Å². The summed E-state index contributed by atoms with van der Waals surface area (Å²) >= 11 is 0. The summed E-state index contributed by atoms with van der Waals surface area (Å²) < 4.78 is 29.9. The first-order chi connectivity index (χ1) is 19.0. The van der Waals surface area contributed by atoms with Crippen LogP contribution in [0.2, 0.25) is 0 Å². The molecule has 0 unspecified atom stereocenters. The Labute approximate surface area is 226 Å². The standard InChI is InChI=1S/C32H27FN4O2/c1-20-8-11-28-29(13-20)37(2)31(35-28)16-24-15-26(33)25-17-30(24)38-12-4-5-22-14-21(18-34)9-10-23(22)19-39-32-7-3-6-27(25)36-32/h3,6-11,13-15,17H,4-5,12,16,19H2,1-2H3. The van der Waals surface area contributed by atoms with Gasteiger partial charge in [0, 0.05) is 30.7 Å². The number of benzene rings is 3. The number of nitriles is 1. The number of ether oxygens (including phenoxy) is 2. The molecule has 3 aromatic carbocycles. The van der Waals surface area contributed by atoms with Crippen molar-refractivity contribution in [3.8, 4) is 29.0 Å². The van der Waals surface area contributed by atoms with Crippen molar-refractivity contribution in [2.24, 2.45) is 7.05 Å². The topological polar surface area (TPSA) is 73.0 Å². The Hall–Kier alpha value is -4.70. The normalized spacial score (nSPS) is 13.1. The summed E-state index contributed by atoms with van der Waals surface area (Å²) in [4.78, 5) is 9.39. The Balaban J connectivity index is 1.40. The second kappa shape index (κ2) is 10.2. The number of aryl methyl sites for hydroxylation is 3. The molecule has 0 aliphatic carbocycles. The molecule has 3 heterocycles. The highest BCUT2D eigenvalue weighted by Crippen LogP contribution is 2.33. The molecular formula is C32H27FN4O2. The van der Waals surface area contributed by atoms with Crippen LogP contribution in [0.5, 0.6) is 11.6 Å². The molecule has 1 aliphatic rings. The SMILES string of the molecule is Cc1ccc2nc(Cc3cc(F)c4cc3OCCCc3cc(C#N)ccc3COc3cccc-4n3)n(C)c2c1. The molecule has 7 heteroatoms. The zero-order valence-corrected chi connectivity index (χ0v) is 21.9. The summed E-state index contributed by atoms with van der Waals surface area (Å²) in [5.74, 6) is 1.46. The Bertz CT molecular complexity index is 1750. The molecule has 0 N–H and O–H groups in total. The van der Waals surface area contributed by atoms with Crippen LogP contribution in [-0.2, 0) is 26.5 Å². The van der Waals surface area contributed by atoms with E-state index in [4.69, 9.17) is 14.5 Å². The van der Waals surface area contributed by atoms with E-state index >= 15 is 4.39 Å². The van der Waals surface area contributed by atoms with Gasteiger partial charge in [-0.25, -0.2) is 14.4 Å². The molecule has 5 aromatic rings. The zero-order valence-electron chi connectivity index (χ0n) is 21.9. The van der Waals surface area contributed by atoms with Gasteiger partial charge in [0.05, 0.1) is 35.0 Å². The maximum Gasteiger partial charge on any atom is 0.214 e. The van der Waals surface area contributed by atoms with E-state index in [-0.39, 0.29) is 5.82 Å². The van der Waals surface area contributed by atoms with Crippen LogP contribution in [0.3, 0.4) is 0 Å². The summed E-state index contributed by atoms with van der Waals surface area (Å²) in [5.41, 5.74) is 7.29. The first-order valence-electron chi connectivity index (χ1n) is 13.0. The van der Waals surface area contributed by atoms with E-state index in [1.165, 1.54) is 6.07 Å². The third-order valence-corrected chi connectivity index (χ3v) is 7.19. The second-order valence-corrected chi connectivity index (χ2v) is 9.89. The van der Waals surface area contributed by atoms with E-state index in [2.05, 4.69) is 28.6 Å². The van der Waals surface area contributed by atoms with Crippen LogP contribution in [0, 0.1) is 24.1 Å². The van der Waals surface area contributed by atoms with Gasteiger partial charge in [-0.05, 0) is 78.9 Å². The number of fused-ring (bicyclic) bond motifs is 7. The van der Waals surface area contributed by atoms with E-state index in [0.717, 1.165) is 52.0 Å². The predicted molar refractivity (Wildman–Crippen MR) is 147 cm³/mol. The van der Waals surface area contributed by atoms with Crippen molar-refractivity contribution in [2.75, 3.05) is 6.61 Å². The largest absolute Gasteiger partial charge is 0.493 e. The summed E-state index contributed by atoms with van der Waals surface area (Å²) in [6.45, 7) is 2.80. The summed E-state index contributed by atoms with van der Waals surface area (Å²) in [7, 11) is 1.98. The third-order valence-electron chi connectivity index (χ3n) is 7.19. The van der Waals surface area contributed by atoms with Crippen LogP contribution in [0.1, 0.15) is 40.1 Å². The zero-order chi connectivity index (χ0) is 26.9. The van der Waals surface area contributed by atoms with E-state index in [1.54, 1.807) is 30.3 Å². The van der Waals surface area contributed by atoms with E-state index in [9.17, 15) is 5.26 Å². The van der Waals surface area contributed by atoms with E-state index < -0.39 is 0 Å². The van der Waals surface area contributed by atoms with Crippen molar-refractivity contribution in [3.05, 3.63) is 106 Å². The number of nitrogens with zero attached hydrogens (tertiary/aromatic N) is 4. The Kier molecular flexibility index (Phi) is 6.45. The molecule has 0 fully saturated rings. The predicted octanol–water partition coefficient (Wildman–Crippen LogP) is 6.45. The highest BCUT2D eigenvalue weighted by Gasteiger charge is 2.18. The molecule has 4 bridgehead atoms. The van der Waals surface area contributed by atoms with Gasteiger partial charge in [-0.2, -0.15) is 5.26 Å². The van der Waals surface area contributed by atoms with Crippen LogP contribution < -0.4 is 9.47 Å². The lowest BCUT2D eigenvalue weighted by molar-refractivity contribution is 0.290.